The highest BCUT2D eigenvalue weighted by molar-refractivity contribution is 7.70. The number of aryl methyl sites for hydroxylation is 1. The van der Waals surface area contributed by atoms with E-state index in [1.54, 1.807) is 23.9 Å². The molecule has 15 nitrogen and oxygen atoms in total. The van der Waals surface area contributed by atoms with E-state index in [2.05, 4.69) is 9.62 Å². The van der Waals surface area contributed by atoms with E-state index in [4.69, 9.17) is 14.5 Å². The van der Waals surface area contributed by atoms with Crippen molar-refractivity contribution in [3.05, 3.63) is 63.1 Å². The Morgan fingerprint density at radius 2 is 1.78 bits per heavy atom. The molecule has 5 atom stereocenters. The monoisotopic (exact) mass is 546 g/mol. The quantitative estimate of drug-likeness (QED) is 0.213. The van der Waals surface area contributed by atoms with Crippen LogP contribution in [0.15, 0.2) is 46.1 Å². The summed E-state index contributed by atoms with van der Waals surface area (Å²) in [6, 6.07) is 8.30. The van der Waals surface area contributed by atoms with Crippen LogP contribution in [-0.4, -0.2) is 74.6 Å². The third-order valence-corrected chi connectivity index (χ3v) is 9.11. The molecule has 0 radical (unpaired) electrons. The predicted octanol–water partition coefficient (Wildman–Crippen LogP) is -1.10. The second-order valence-electron chi connectivity index (χ2n) is 8.30. The fourth-order valence-electron chi connectivity index (χ4n) is 3.99. The third-order valence-electron chi connectivity index (χ3n) is 5.65. The van der Waals surface area contributed by atoms with E-state index < -0.39 is 63.5 Å². The van der Waals surface area contributed by atoms with Crippen molar-refractivity contribution in [2.75, 3.05) is 12.5 Å². The van der Waals surface area contributed by atoms with E-state index in [1.807, 2.05) is 12.1 Å². The Balaban J connectivity index is 1.58. The number of nitrogens with zero attached hydrogens (tertiary/aromatic N) is 4. The second-order valence-corrected chi connectivity index (χ2v) is 12.3. The molecule has 3 heterocycles. The summed E-state index contributed by atoms with van der Waals surface area (Å²) in [6.45, 7) is -0.995. The van der Waals surface area contributed by atoms with Crippen molar-refractivity contribution < 1.29 is 43.3 Å². The zero-order chi connectivity index (χ0) is 26.4. The molecule has 36 heavy (non-hydrogen) atoms. The van der Waals surface area contributed by atoms with Crippen molar-refractivity contribution in [3.8, 4) is 0 Å². The van der Waals surface area contributed by atoms with E-state index in [9.17, 15) is 33.8 Å². The van der Waals surface area contributed by atoms with Gasteiger partial charge in [-0.15, -0.1) is 0 Å². The molecule has 0 amide bonds. The zero-order valence-electron chi connectivity index (χ0n) is 18.8. The maximum atomic E-state index is 13.2. The molecule has 3 aromatic rings. The van der Waals surface area contributed by atoms with Crippen LogP contribution in [0.4, 0.5) is 0 Å². The van der Waals surface area contributed by atoms with Crippen molar-refractivity contribution in [2.24, 2.45) is 7.05 Å². The minimum Gasteiger partial charge on any atom is -0.387 e. The first-order valence-corrected chi connectivity index (χ1v) is 14.1. The van der Waals surface area contributed by atoms with Crippen LogP contribution in [0.5, 0.6) is 0 Å². The highest BCUT2D eigenvalue weighted by Crippen LogP contribution is 2.55. The van der Waals surface area contributed by atoms with Gasteiger partial charge < -0.3 is 34.2 Å². The molecule has 1 saturated heterocycles. The summed E-state index contributed by atoms with van der Waals surface area (Å²) in [4.78, 5) is 53.1. The van der Waals surface area contributed by atoms with Gasteiger partial charge in [-0.3, -0.25) is 27.7 Å². The van der Waals surface area contributed by atoms with Gasteiger partial charge in [0.05, 0.1) is 24.4 Å². The highest BCUT2D eigenvalue weighted by Gasteiger charge is 2.45. The lowest BCUT2D eigenvalue weighted by atomic mass is 10.1. The standard InChI is InChI=1S/C19H24N4O11P2/c1-21-13-5-3-2-4-11(13)12(20-21)8-23-15(24)6-7-22(19(23)27)18-17(26)16(25)14(34-18)9-33-36(31,32)10-35(28,29)30/h2-7,14,16-18,25-26H,8-10H2,1H3,(H,31,32)(H2,28,29,30)/t14-,16-,17-,18-/m1/s1. The molecule has 1 fully saturated rings. The van der Waals surface area contributed by atoms with E-state index in [0.29, 0.717) is 5.69 Å². The number of aliphatic hydroxyl groups is 2. The summed E-state index contributed by atoms with van der Waals surface area (Å²) in [5.41, 5.74) is -0.271. The number of aromatic nitrogens is 4. The average Bonchev–Trinajstić information content (AvgIpc) is 3.25. The molecule has 1 unspecified atom stereocenters. The van der Waals surface area contributed by atoms with Gasteiger partial charge in [0.2, 0.25) is 0 Å². The van der Waals surface area contributed by atoms with Crippen molar-refractivity contribution in [3.63, 3.8) is 0 Å². The summed E-state index contributed by atoms with van der Waals surface area (Å²) in [6.07, 6.45) is -5.22. The van der Waals surface area contributed by atoms with Crippen LogP contribution in [0.3, 0.4) is 0 Å². The van der Waals surface area contributed by atoms with Gasteiger partial charge in [-0.2, -0.15) is 5.10 Å². The van der Waals surface area contributed by atoms with Crippen LogP contribution < -0.4 is 11.2 Å². The maximum Gasteiger partial charge on any atom is 0.340 e. The fourth-order valence-corrected chi connectivity index (χ4v) is 6.56. The molecule has 1 aliphatic heterocycles. The van der Waals surface area contributed by atoms with Crippen LogP contribution in [0, 0.1) is 0 Å². The molecule has 0 aliphatic carbocycles. The van der Waals surface area contributed by atoms with Crippen molar-refractivity contribution in [1.29, 1.82) is 0 Å². The van der Waals surface area contributed by atoms with Crippen LogP contribution >= 0.6 is 15.2 Å². The molecule has 0 spiro atoms. The molecule has 1 aromatic carbocycles. The molecule has 2 aromatic heterocycles. The number of aliphatic hydroxyl groups excluding tert-OH is 2. The molecular weight excluding hydrogens is 522 g/mol. The minimum atomic E-state index is -4.87. The molecule has 5 N–H and O–H groups in total. The van der Waals surface area contributed by atoms with Gasteiger partial charge in [-0.05, 0) is 6.07 Å². The first-order valence-electron chi connectivity index (χ1n) is 10.5. The summed E-state index contributed by atoms with van der Waals surface area (Å²) >= 11 is 0. The molecule has 0 bridgehead atoms. The molecule has 1 aliphatic rings. The van der Waals surface area contributed by atoms with Gasteiger partial charge in [-0.25, -0.2) is 4.79 Å². The normalized spacial score (nSPS) is 24.3. The van der Waals surface area contributed by atoms with Crippen molar-refractivity contribution in [2.45, 2.75) is 31.1 Å². The molecule has 0 saturated carbocycles. The van der Waals surface area contributed by atoms with E-state index in [1.165, 1.54) is 0 Å². The number of benzene rings is 1. The van der Waals surface area contributed by atoms with Gasteiger partial charge >= 0.3 is 20.9 Å². The SMILES string of the molecule is Cn1nc(Cn2c(=O)ccn([C@@H]3O[C@H](COP(=O)(O)CP(=O)(O)O)[C@@H](O)[C@H]3O)c2=O)c2ccccc21. The van der Waals surface area contributed by atoms with Crippen LogP contribution in [0.2, 0.25) is 0 Å². The molecule has 4 rings (SSSR count). The van der Waals surface area contributed by atoms with E-state index >= 15 is 0 Å². The first kappa shape index (κ1) is 26.6. The second kappa shape index (κ2) is 9.78. The van der Waals surface area contributed by atoms with Gasteiger partial charge in [0.25, 0.3) is 5.56 Å². The Kier molecular flexibility index (Phi) is 7.23. The van der Waals surface area contributed by atoms with Gasteiger partial charge in [-0.1, -0.05) is 18.2 Å². The Morgan fingerprint density at radius 1 is 1.08 bits per heavy atom. The van der Waals surface area contributed by atoms with Crippen LogP contribution in [-0.2, 0) is 32.0 Å². The Hall–Kier alpha value is -2.45. The van der Waals surface area contributed by atoms with Crippen molar-refractivity contribution >= 4 is 26.1 Å². The number of fused-ring (bicyclic) bond motifs is 1. The lowest BCUT2D eigenvalue weighted by Gasteiger charge is -2.19. The maximum absolute atomic E-state index is 13.2. The number of hydrogen-bond donors (Lipinski definition) is 5. The Labute approximate surface area is 202 Å². The predicted molar refractivity (Wildman–Crippen MR) is 123 cm³/mol. The summed E-state index contributed by atoms with van der Waals surface area (Å²) in [7, 11) is -7.90. The van der Waals surface area contributed by atoms with Gasteiger partial charge in [0.1, 0.15) is 18.3 Å². The third kappa shape index (κ3) is 5.44. The van der Waals surface area contributed by atoms with Crippen LogP contribution in [0.1, 0.15) is 11.9 Å². The number of rotatable bonds is 8. The van der Waals surface area contributed by atoms with Gasteiger partial charge in [0, 0.05) is 24.7 Å². The summed E-state index contributed by atoms with van der Waals surface area (Å²) < 4.78 is 36.4. The smallest absolute Gasteiger partial charge is 0.340 e. The first-order chi connectivity index (χ1) is 16.8. The lowest BCUT2D eigenvalue weighted by Crippen LogP contribution is -2.43. The summed E-state index contributed by atoms with van der Waals surface area (Å²) in [5.74, 6) is -1.44. The largest absolute Gasteiger partial charge is 0.387 e. The Bertz CT molecular complexity index is 1490. The minimum absolute atomic E-state index is 0.187. The topological polar surface area (TPSA) is 216 Å². The average molecular weight is 546 g/mol. The molecule has 17 heteroatoms. The van der Waals surface area contributed by atoms with Gasteiger partial charge in [0.15, 0.2) is 12.1 Å². The van der Waals surface area contributed by atoms with E-state index in [-0.39, 0.29) is 6.54 Å². The molecular formula is C19H24N4O11P2. The van der Waals surface area contributed by atoms with Crippen molar-refractivity contribution in [1.82, 2.24) is 18.9 Å². The summed E-state index contributed by atoms with van der Waals surface area (Å²) in [5, 5.41) is 25.9. The highest BCUT2D eigenvalue weighted by atomic mass is 31.2. The lowest BCUT2D eigenvalue weighted by molar-refractivity contribution is -0.0530. The molecule has 196 valence electrons. The zero-order valence-corrected chi connectivity index (χ0v) is 20.6. The number of para-hydroxylation sites is 1. The number of hydrogen-bond acceptors (Lipinski definition) is 9. The van der Waals surface area contributed by atoms with E-state index in [0.717, 1.165) is 32.3 Å². The Morgan fingerprint density at radius 3 is 2.47 bits per heavy atom. The van der Waals surface area contributed by atoms with Crippen LogP contribution in [0.25, 0.3) is 10.9 Å². The fraction of sp³-hybridized carbons (Fsp3) is 0.421. The number of ether oxygens (including phenoxy) is 1.